The number of amides is 2. The number of hydrogen-bond acceptors (Lipinski definition) is 4. The lowest BCUT2D eigenvalue weighted by molar-refractivity contribution is -0.145. The van der Waals surface area contributed by atoms with Gasteiger partial charge in [0.1, 0.15) is 5.41 Å². The van der Waals surface area contributed by atoms with E-state index >= 15 is 0 Å². The van der Waals surface area contributed by atoms with E-state index in [2.05, 4.69) is 12.2 Å². The molecule has 0 saturated heterocycles. The van der Waals surface area contributed by atoms with E-state index in [0.29, 0.717) is 24.4 Å². The van der Waals surface area contributed by atoms with E-state index < -0.39 is 11.4 Å². The maximum absolute atomic E-state index is 12.5. The second-order valence-electron chi connectivity index (χ2n) is 6.46. The molecule has 0 aromatic heterocycles. The van der Waals surface area contributed by atoms with Gasteiger partial charge in [0.05, 0.1) is 12.2 Å². The van der Waals surface area contributed by atoms with E-state index in [-0.39, 0.29) is 11.8 Å². The molecular formula is C19H28N2O4. The number of rotatable bonds is 8. The zero-order valence-electron chi connectivity index (χ0n) is 15.7. The van der Waals surface area contributed by atoms with Crippen LogP contribution in [0, 0.1) is 5.41 Å². The van der Waals surface area contributed by atoms with Gasteiger partial charge in [0.2, 0.25) is 11.8 Å². The highest BCUT2D eigenvalue weighted by Gasteiger charge is 2.38. The van der Waals surface area contributed by atoms with Gasteiger partial charge in [-0.3, -0.25) is 9.59 Å². The standard InChI is InChI=1S/C19H28N2O4/c1-6-8-13-21(5)18(24)19(3,4)17(23)20-15-11-9-14(10-12-15)16(22)25-7-2/h9-12H,6-8,13H2,1-5H3,(H,20,23). The lowest BCUT2D eigenvalue weighted by Gasteiger charge is -2.28. The maximum atomic E-state index is 12.5. The number of hydrogen-bond donors (Lipinski definition) is 1. The summed E-state index contributed by atoms with van der Waals surface area (Å²) in [4.78, 5) is 38.3. The minimum absolute atomic E-state index is 0.221. The van der Waals surface area contributed by atoms with Gasteiger partial charge < -0.3 is 15.0 Å². The molecule has 1 N–H and O–H groups in total. The number of unbranched alkanes of at least 4 members (excludes halogenated alkanes) is 1. The lowest BCUT2D eigenvalue weighted by atomic mass is 9.90. The van der Waals surface area contributed by atoms with Crippen molar-refractivity contribution in [3.63, 3.8) is 0 Å². The summed E-state index contributed by atoms with van der Waals surface area (Å²) < 4.78 is 4.92. The predicted molar refractivity (Wildman–Crippen MR) is 97.4 cm³/mol. The summed E-state index contributed by atoms with van der Waals surface area (Å²) >= 11 is 0. The summed E-state index contributed by atoms with van der Waals surface area (Å²) in [5.41, 5.74) is -0.243. The van der Waals surface area contributed by atoms with Crippen LogP contribution < -0.4 is 5.32 Å². The van der Waals surface area contributed by atoms with Gasteiger partial charge in [-0.25, -0.2) is 4.79 Å². The molecule has 0 fully saturated rings. The van der Waals surface area contributed by atoms with E-state index in [1.165, 1.54) is 0 Å². The van der Waals surface area contributed by atoms with Crippen molar-refractivity contribution in [1.29, 1.82) is 0 Å². The molecular weight excluding hydrogens is 320 g/mol. The fourth-order valence-corrected chi connectivity index (χ4v) is 2.26. The molecule has 138 valence electrons. The topological polar surface area (TPSA) is 75.7 Å². The summed E-state index contributed by atoms with van der Waals surface area (Å²) in [5, 5.41) is 2.73. The predicted octanol–water partition coefficient (Wildman–Crippen LogP) is 3.09. The van der Waals surface area contributed by atoms with Crippen LogP contribution in [0.4, 0.5) is 5.69 Å². The molecule has 2 amide bonds. The number of esters is 1. The Labute approximate surface area is 149 Å². The quantitative estimate of drug-likeness (QED) is 0.578. The Morgan fingerprint density at radius 3 is 2.24 bits per heavy atom. The van der Waals surface area contributed by atoms with Crippen LogP contribution in [0.3, 0.4) is 0 Å². The number of nitrogens with zero attached hydrogens (tertiary/aromatic N) is 1. The van der Waals surface area contributed by atoms with Crippen molar-refractivity contribution in [2.45, 2.75) is 40.5 Å². The van der Waals surface area contributed by atoms with Crippen LogP contribution in [-0.2, 0) is 14.3 Å². The average molecular weight is 348 g/mol. The summed E-state index contributed by atoms with van der Waals surface area (Å²) in [6.45, 7) is 7.94. The lowest BCUT2D eigenvalue weighted by Crippen LogP contribution is -2.46. The molecule has 1 aromatic carbocycles. The summed E-state index contributed by atoms with van der Waals surface area (Å²) in [5.74, 6) is -1.01. The van der Waals surface area contributed by atoms with E-state index in [1.54, 1.807) is 57.0 Å². The normalized spacial score (nSPS) is 10.9. The molecule has 25 heavy (non-hydrogen) atoms. The highest BCUT2D eigenvalue weighted by atomic mass is 16.5. The van der Waals surface area contributed by atoms with Crippen LogP contribution in [0.2, 0.25) is 0 Å². The molecule has 0 aliphatic rings. The molecule has 0 aliphatic heterocycles. The Morgan fingerprint density at radius 1 is 1.12 bits per heavy atom. The molecule has 0 radical (unpaired) electrons. The van der Waals surface area contributed by atoms with Gasteiger partial charge in [0.25, 0.3) is 0 Å². The molecule has 0 bridgehead atoms. The highest BCUT2D eigenvalue weighted by Crippen LogP contribution is 2.22. The Bertz CT molecular complexity index is 608. The molecule has 0 atom stereocenters. The monoisotopic (exact) mass is 348 g/mol. The third-order valence-electron chi connectivity index (χ3n) is 3.95. The molecule has 6 heteroatoms. The zero-order valence-corrected chi connectivity index (χ0v) is 15.7. The number of ether oxygens (including phenoxy) is 1. The number of benzene rings is 1. The smallest absolute Gasteiger partial charge is 0.338 e. The van der Waals surface area contributed by atoms with Crippen molar-refractivity contribution < 1.29 is 19.1 Å². The largest absolute Gasteiger partial charge is 0.462 e. The second-order valence-corrected chi connectivity index (χ2v) is 6.46. The van der Waals surface area contributed by atoms with Crippen molar-refractivity contribution in [3.8, 4) is 0 Å². The SMILES string of the molecule is CCCCN(C)C(=O)C(C)(C)C(=O)Nc1ccc(C(=O)OCC)cc1. The highest BCUT2D eigenvalue weighted by molar-refractivity contribution is 6.09. The zero-order chi connectivity index (χ0) is 19.0. The van der Waals surface area contributed by atoms with Crippen molar-refractivity contribution in [2.75, 3.05) is 25.5 Å². The minimum atomic E-state index is -1.18. The molecule has 1 rings (SSSR count). The first kappa shape index (κ1) is 20.7. The van der Waals surface area contributed by atoms with Gasteiger partial charge in [-0.15, -0.1) is 0 Å². The van der Waals surface area contributed by atoms with E-state index in [4.69, 9.17) is 4.74 Å². The Balaban J connectivity index is 2.76. The molecule has 0 heterocycles. The van der Waals surface area contributed by atoms with Crippen LogP contribution >= 0.6 is 0 Å². The van der Waals surface area contributed by atoms with Crippen molar-refractivity contribution in [1.82, 2.24) is 4.90 Å². The Hall–Kier alpha value is -2.37. The van der Waals surface area contributed by atoms with Gasteiger partial charge >= 0.3 is 5.97 Å². The number of carbonyl (C=O) groups excluding carboxylic acids is 3. The van der Waals surface area contributed by atoms with Crippen LogP contribution in [0.1, 0.15) is 50.9 Å². The van der Waals surface area contributed by atoms with E-state index in [0.717, 1.165) is 12.8 Å². The van der Waals surface area contributed by atoms with Crippen molar-refractivity contribution in [2.24, 2.45) is 5.41 Å². The van der Waals surface area contributed by atoms with E-state index in [1.807, 2.05) is 0 Å². The Kier molecular flexibility index (Phi) is 7.61. The number of anilines is 1. The van der Waals surface area contributed by atoms with Crippen molar-refractivity contribution >= 4 is 23.5 Å². The third-order valence-corrected chi connectivity index (χ3v) is 3.95. The molecule has 0 unspecified atom stereocenters. The van der Waals surface area contributed by atoms with Crippen molar-refractivity contribution in [3.05, 3.63) is 29.8 Å². The fourth-order valence-electron chi connectivity index (χ4n) is 2.26. The van der Waals surface area contributed by atoms with Crippen LogP contribution in [-0.4, -0.2) is 42.9 Å². The third kappa shape index (κ3) is 5.59. The molecule has 0 spiro atoms. The van der Waals surface area contributed by atoms with Gasteiger partial charge in [0, 0.05) is 19.3 Å². The summed E-state index contributed by atoms with van der Waals surface area (Å²) in [6, 6.07) is 6.39. The summed E-state index contributed by atoms with van der Waals surface area (Å²) in [6.07, 6.45) is 1.88. The summed E-state index contributed by atoms with van der Waals surface area (Å²) in [7, 11) is 1.71. The van der Waals surface area contributed by atoms with Crippen LogP contribution in [0.5, 0.6) is 0 Å². The number of nitrogens with one attached hydrogen (secondary N) is 1. The van der Waals surface area contributed by atoms with Crippen LogP contribution in [0.25, 0.3) is 0 Å². The van der Waals surface area contributed by atoms with Gasteiger partial charge in [-0.2, -0.15) is 0 Å². The maximum Gasteiger partial charge on any atom is 0.338 e. The van der Waals surface area contributed by atoms with Gasteiger partial charge in [-0.1, -0.05) is 13.3 Å². The molecule has 0 saturated carbocycles. The molecule has 1 aromatic rings. The average Bonchev–Trinajstić information content (AvgIpc) is 2.59. The Morgan fingerprint density at radius 2 is 1.72 bits per heavy atom. The van der Waals surface area contributed by atoms with Crippen LogP contribution in [0.15, 0.2) is 24.3 Å². The first-order valence-corrected chi connectivity index (χ1v) is 8.58. The van der Waals surface area contributed by atoms with E-state index in [9.17, 15) is 14.4 Å². The molecule has 6 nitrogen and oxygen atoms in total. The first-order chi connectivity index (χ1) is 11.7. The second kappa shape index (κ2) is 9.20. The molecule has 0 aliphatic carbocycles. The van der Waals surface area contributed by atoms with Gasteiger partial charge in [-0.05, 0) is 51.5 Å². The minimum Gasteiger partial charge on any atom is -0.462 e. The first-order valence-electron chi connectivity index (χ1n) is 8.58. The number of carbonyl (C=O) groups is 3. The fraction of sp³-hybridized carbons (Fsp3) is 0.526. The van der Waals surface area contributed by atoms with Gasteiger partial charge in [0.15, 0.2) is 0 Å².